The number of phosphoric acid groups is 2. The van der Waals surface area contributed by atoms with E-state index in [1.165, 1.54) is 63.9 Å². The van der Waals surface area contributed by atoms with Gasteiger partial charge in [-0.3, -0.25) is 23.2 Å². The molecule has 416 valence electrons. The first-order chi connectivity index (χ1) is 35.1. The van der Waals surface area contributed by atoms with Crippen molar-refractivity contribution in [1.29, 1.82) is 0 Å². The maximum absolute atomic E-state index is 12.9. The summed E-state index contributed by atoms with van der Waals surface area (Å²) in [5.74, 6) is -1.37. The lowest BCUT2D eigenvalue weighted by Gasteiger charge is -2.21. The van der Waals surface area contributed by atoms with Crippen LogP contribution in [-0.2, 0) is 51.0 Å². The lowest BCUT2D eigenvalue weighted by molar-refractivity contribution is -0.161. The van der Waals surface area contributed by atoms with Crippen molar-refractivity contribution < 1.29 is 71.0 Å². The summed E-state index contributed by atoms with van der Waals surface area (Å²) in [5, 5.41) is 20.9. The molecule has 2 aliphatic rings. The summed E-state index contributed by atoms with van der Waals surface area (Å²) in [7, 11) is -10.9. The SMILES string of the molecule is CCCCC/C=C\CC1OC1C/C=C\C/C=C\CCCC(=O)OC[C@H](COP(=O)(O)OP(=O)(O)OC[C@H]1O[C@@H](n2ccc(N)nc2=O)[C@H](O)[C@@H]1O)OC(=O)CCCCCCCCC/C=C\CCCCCCCC. The Balaban J connectivity index is 1.40. The molecule has 1 aromatic rings. The normalized spacial score (nSPS) is 22.1. The molecule has 73 heavy (non-hydrogen) atoms. The summed E-state index contributed by atoms with van der Waals surface area (Å²) in [6, 6.07) is 1.25. The number of carbonyl (C=O) groups is 2. The Morgan fingerprint density at radius 3 is 1.85 bits per heavy atom. The number of nitrogen functional groups attached to an aromatic ring is 1. The number of carbonyl (C=O) groups excluding carboxylic acids is 2. The van der Waals surface area contributed by atoms with E-state index in [0.717, 1.165) is 87.8 Å². The van der Waals surface area contributed by atoms with Gasteiger partial charge in [-0.25, -0.2) is 13.9 Å². The number of aliphatic hydroxyl groups excluding tert-OH is 2. The Bertz CT molecular complexity index is 1980. The smallest absolute Gasteiger partial charge is 0.462 e. The van der Waals surface area contributed by atoms with Crippen LogP contribution in [0.1, 0.15) is 187 Å². The van der Waals surface area contributed by atoms with Gasteiger partial charge in [-0.2, -0.15) is 9.29 Å². The third-order valence-corrected chi connectivity index (χ3v) is 14.9. The molecule has 2 saturated heterocycles. The van der Waals surface area contributed by atoms with Crippen molar-refractivity contribution in [3.8, 4) is 0 Å². The number of nitrogens with two attached hydrogens (primary N) is 1. The monoisotopic (exact) mass is 1070 g/mol. The van der Waals surface area contributed by atoms with Gasteiger partial charge in [0.05, 0.1) is 25.4 Å². The third-order valence-electron chi connectivity index (χ3n) is 12.3. The van der Waals surface area contributed by atoms with Crippen molar-refractivity contribution in [3.63, 3.8) is 0 Å². The van der Waals surface area contributed by atoms with Gasteiger partial charge in [-0.05, 0) is 83.1 Å². The molecule has 0 radical (unpaired) electrons. The van der Waals surface area contributed by atoms with Crippen LogP contribution in [0, 0.1) is 0 Å². The number of hydrogen-bond donors (Lipinski definition) is 5. The molecule has 0 aliphatic carbocycles. The molecule has 19 nitrogen and oxygen atoms in total. The summed E-state index contributed by atoms with van der Waals surface area (Å²) in [4.78, 5) is 62.0. The van der Waals surface area contributed by atoms with Crippen LogP contribution in [0.4, 0.5) is 5.82 Å². The first kappa shape index (κ1) is 64.0. The first-order valence-electron chi connectivity index (χ1n) is 26.8. The van der Waals surface area contributed by atoms with Crippen LogP contribution >= 0.6 is 15.6 Å². The number of phosphoric ester groups is 2. The van der Waals surface area contributed by atoms with Crippen LogP contribution in [-0.4, -0.2) is 97.9 Å². The second-order valence-corrected chi connectivity index (χ2v) is 21.8. The van der Waals surface area contributed by atoms with Gasteiger partial charge in [0.15, 0.2) is 12.3 Å². The second-order valence-electron chi connectivity index (χ2n) is 18.8. The van der Waals surface area contributed by atoms with Crippen LogP contribution in [0.15, 0.2) is 65.7 Å². The number of aliphatic hydroxyl groups is 2. The van der Waals surface area contributed by atoms with Crippen molar-refractivity contribution in [2.45, 2.75) is 224 Å². The van der Waals surface area contributed by atoms with Crippen molar-refractivity contribution in [2.75, 3.05) is 25.6 Å². The van der Waals surface area contributed by atoms with Crippen molar-refractivity contribution >= 4 is 33.4 Å². The molecule has 21 heteroatoms. The topological polar surface area (TPSA) is 278 Å². The van der Waals surface area contributed by atoms with Crippen LogP contribution < -0.4 is 11.4 Å². The minimum absolute atomic E-state index is 0.0299. The molecule has 0 amide bonds. The standard InChI is InChI=1S/C52H87N3O16P2/c1-3-5-7-9-11-12-13-14-15-16-17-18-19-20-23-28-32-36-48(57)68-42(39-65-47(56)35-31-27-24-21-22-26-30-34-44-43(69-44)33-29-25-10-8-6-4-2)40-66-72(61,62)71-73(63,64)67-41-45-49(58)50(59)51(70-45)55-38-37-46(53)54-52(55)60/h14-15,21,24-26,29-30,37-38,42-45,49-51,58-59H,3-13,16-20,22-23,27-28,31-36,39-41H2,1-2H3,(H,61,62)(H,63,64)(H2,53,54,60)/b15-14-,24-21-,29-25-,30-26-/t42-,43?,44?,45-,49-,50-,51-/m1/s1. The number of nitrogens with zero attached hydrogens (tertiary/aromatic N) is 2. The van der Waals surface area contributed by atoms with E-state index in [4.69, 9.17) is 33.7 Å². The minimum atomic E-state index is -5.44. The number of aromatic nitrogens is 2. The van der Waals surface area contributed by atoms with Crippen LogP contribution in [0.3, 0.4) is 0 Å². The Morgan fingerprint density at radius 1 is 0.671 bits per heavy atom. The Kier molecular flexibility index (Phi) is 32.8. The third kappa shape index (κ3) is 29.5. The Hall–Kier alpha value is -3.32. The molecule has 3 rings (SSSR count). The summed E-state index contributed by atoms with van der Waals surface area (Å²) in [5.41, 5.74) is 4.59. The highest BCUT2D eigenvalue weighted by Gasteiger charge is 2.46. The van der Waals surface area contributed by atoms with Crippen LogP contribution in [0.5, 0.6) is 0 Å². The number of esters is 2. The van der Waals surface area contributed by atoms with Crippen LogP contribution in [0.2, 0.25) is 0 Å². The van der Waals surface area contributed by atoms with Crippen molar-refractivity contribution in [1.82, 2.24) is 9.55 Å². The van der Waals surface area contributed by atoms with Gasteiger partial charge in [0, 0.05) is 19.0 Å². The summed E-state index contributed by atoms with van der Waals surface area (Å²) in [6.45, 7) is 2.07. The van der Waals surface area contributed by atoms with E-state index in [-0.39, 0.29) is 24.8 Å². The molecule has 9 atom stereocenters. The van der Waals surface area contributed by atoms with E-state index in [0.29, 0.717) is 25.4 Å². The quantitative estimate of drug-likeness (QED) is 0.0134. The highest BCUT2D eigenvalue weighted by atomic mass is 31.3. The zero-order valence-corrected chi connectivity index (χ0v) is 45.2. The molecule has 1 aromatic heterocycles. The van der Waals surface area contributed by atoms with E-state index in [1.807, 2.05) is 12.2 Å². The average Bonchev–Trinajstić information content (AvgIpc) is 4.04. The maximum Gasteiger partial charge on any atom is 0.481 e. The molecule has 6 N–H and O–H groups in total. The largest absolute Gasteiger partial charge is 0.481 e. The molecular formula is C52H87N3O16P2. The van der Waals surface area contributed by atoms with Crippen LogP contribution in [0.25, 0.3) is 0 Å². The van der Waals surface area contributed by atoms with Crippen molar-refractivity contribution in [2.24, 2.45) is 0 Å². The van der Waals surface area contributed by atoms with E-state index in [2.05, 4.69) is 59.6 Å². The van der Waals surface area contributed by atoms with Gasteiger partial charge < -0.3 is 44.7 Å². The van der Waals surface area contributed by atoms with Gasteiger partial charge in [0.25, 0.3) is 0 Å². The maximum atomic E-state index is 12.9. The highest BCUT2D eigenvalue weighted by Crippen LogP contribution is 2.60. The van der Waals surface area contributed by atoms with Crippen molar-refractivity contribution in [3.05, 3.63) is 71.4 Å². The zero-order valence-electron chi connectivity index (χ0n) is 43.4. The van der Waals surface area contributed by atoms with Gasteiger partial charge in [-0.15, -0.1) is 0 Å². The molecule has 4 unspecified atom stereocenters. The molecule has 0 spiro atoms. The number of anilines is 1. The lowest BCUT2D eigenvalue weighted by atomic mass is 10.1. The summed E-state index contributed by atoms with van der Waals surface area (Å²) < 4.78 is 62.6. The van der Waals surface area contributed by atoms with Gasteiger partial charge in [0.1, 0.15) is 30.7 Å². The molecule has 2 fully saturated rings. The molecule has 0 bridgehead atoms. The van der Waals surface area contributed by atoms with E-state index in [1.54, 1.807) is 0 Å². The van der Waals surface area contributed by atoms with E-state index < -0.39 is 83.7 Å². The molecular weight excluding hydrogens is 985 g/mol. The fraction of sp³-hybridized carbons (Fsp3) is 0.731. The predicted octanol–water partition coefficient (Wildman–Crippen LogP) is 10.3. The molecule has 0 saturated carbocycles. The Labute approximate surface area is 433 Å². The van der Waals surface area contributed by atoms with E-state index in [9.17, 15) is 43.5 Å². The minimum Gasteiger partial charge on any atom is -0.462 e. The zero-order chi connectivity index (χ0) is 53.2. The number of allylic oxidation sites excluding steroid dienone is 6. The number of rotatable bonds is 43. The number of ether oxygens (including phenoxy) is 4. The van der Waals surface area contributed by atoms with E-state index >= 15 is 0 Å². The first-order valence-corrected chi connectivity index (χ1v) is 29.8. The van der Waals surface area contributed by atoms with Gasteiger partial charge in [-0.1, -0.05) is 140 Å². The summed E-state index contributed by atoms with van der Waals surface area (Å²) in [6.07, 6.45) is 36.4. The Morgan fingerprint density at radius 2 is 1.19 bits per heavy atom. The predicted molar refractivity (Wildman–Crippen MR) is 279 cm³/mol. The number of unbranched alkanes of at least 4 members (excludes halogenated alkanes) is 17. The molecule has 3 heterocycles. The molecule has 2 aliphatic heterocycles. The fourth-order valence-corrected chi connectivity index (χ4v) is 10.1. The summed E-state index contributed by atoms with van der Waals surface area (Å²) >= 11 is 0. The number of epoxide rings is 1. The fourth-order valence-electron chi connectivity index (χ4n) is 7.99. The second kappa shape index (κ2) is 37.4. The van der Waals surface area contributed by atoms with Gasteiger partial charge >= 0.3 is 33.3 Å². The molecule has 0 aromatic carbocycles. The lowest BCUT2D eigenvalue weighted by Crippen LogP contribution is -2.36. The average molecular weight is 1070 g/mol. The number of hydrogen-bond acceptors (Lipinski definition) is 16. The highest BCUT2D eigenvalue weighted by molar-refractivity contribution is 7.61. The van der Waals surface area contributed by atoms with Gasteiger partial charge in [0.2, 0.25) is 0 Å².